The third kappa shape index (κ3) is 2.02. The lowest BCUT2D eigenvalue weighted by Gasteiger charge is -2.17. The Kier molecular flexibility index (Phi) is 2.49. The van der Waals surface area contributed by atoms with Gasteiger partial charge in [0, 0.05) is 6.42 Å². The average molecular weight is 205 g/mol. The Hall–Kier alpha value is -1.35. The van der Waals surface area contributed by atoms with E-state index in [-0.39, 0.29) is 6.61 Å². The summed E-state index contributed by atoms with van der Waals surface area (Å²) in [6.45, 7) is 3.90. The number of aryl methyl sites for hydroxylation is 1. The van der Waals surface area contributed by atoms with Gasteiger partial charge in [0.1, 0.15) is 0 Å². The second-order valence-corrected chi connectivity index (χ2v) is 4.28. The van der Waals surface area contributed by atoms with Crippen molar-refractivity contribution in [1.82, 2.24) is 0 Å². The van der Waals surface area contributed by atoms with Gasteiger partial charge in [0.05, 0.1) is 12.3 Å². The quantitative estimate of drug-likeness (QED) is 0.800. The number of hydrogen-bond donors (Lipinski definition) is 1. The van der Waals surface area contributed by atoms with E-state index in [0.717, 1.165) is 11.3 Å². The zero-order chi connectivity index (χ0) is 10.9. The minimum absolute atomic E-state index is 0.00807. The Morgan fingerprint density at radius 2 is 2.07 bits per heavy atom. The van der Waals surface area contributed by atoms with Crippen molar-refractivity contribution in [2.75, 3.05) is 6.61 Å². The highest BCUT2D eigenvalue weighted by Gasteiger charge is 2.33. The molecule has 0 saturated carbocycles. The molecule has 3 nitrogen and oxygen atoms in total. The van der Waals surface area contributed by atoms with Crippen molar-refractivity contribution in [2.24, 2.45) is 5.16 Å². The second-order valence-electron chi connectivity index (χ2n) is 4.28. The molecule has 0 unspecified atom stereocenters. The Labute approximate surface area is 89.4 Å². The number of rotatable bonds is 2. The highest BCUT2D eigenvalue weighted by atomic mass is 16.7. The lowest BCUT2D eigenvalue weighted by molar-refractivity contribution is -0.0428. The largest absolute Gasteiger partial charge is 0.392 e. The lowest BCUT2D eigenvalue weighted by atomic mass is 9.96. The van der Waals surface area contributed by atoms with Crippen molar-refractivity contribution < 1.29 is 9.94 Å². The summed E-state index contributed by atoms with van der Waals surface area (Å²) in [6, 6.07) is 8.15. The fourth-order valence-electron chi connectivity index (χ4n) is 1.57. The molecule has 0 spiro atoms. The topological polar surface area (TPSA) is 41.8 Å². The van der Waals surface area contributed by atoms with Crippen LogP contribution in [0.4, 0.5) is 0 Å². The van der Waals surface area contributed by atoms with Gasteiger partial charge in [0.15, 0.2) is 5.60 Å². The summed E-state index contributed by atoms with van der Waals surface area (Å²) in [5.41, 5.74) is 2.66. The van der Waals surface area contributed by atoms with Crippen molar-refractivity contribution in [1.29, 1.82) is 0 Å². The van der Waals surface area contributed by atoms with E-state index < -0.39 is 5.60 Å². The van der Waals surface area contributed by atoms with Gasteiger partial charge in [-0.1, -0.05) is 35.0 Å². The van der Waals surface area contributed by atoms with E-state index in [9.17, 15) is 0 Å². The number of hydrogen-bond acceptors (Lipinski definition) is 3. The molecule has 80 valence electrons. The highest BCUT2D eigenvalue weighted by Crippen LogP contribution is 2.25. The molecule has 0 aliphatic carbocycles. The van der Waals surface area contributed by atoms with Crippen LogP contribution in [0.1, 0.15) is 24.5 Å². The van der Waals surface area contributed by atoms with E-state index in [1.54, 1.807) is 0 Å². The molecule has 1 aliphatic rings. The summed E-state index contributed by atoms with van der Waals surface area (Å²) in [5.74, 6) is 0. The smallest absolute Gasteiger partial charge is 0.163 e. The fourth-order valence-corrected chi connectivity index (χ4v) is 1.57. The number of oxime groups is 1. The first-order chi connectivity index (χ1) is 7.13. The Balaban J connectivity index is 2.17. The van der Waals surface area contributed by atoms with Crippen LogP contribution >= 0.6 is 0 Å². The molecular weight excluding hydrogens is 190 g/mol. The maximum atomic E-state index is 9.14. The van der Waals surface area contributed by atoms with Gasteiger partial charge < -0.3 is 9.94 Å². The normalized spacial score (nSPS) is 24.9. The molecule has 1 N–H and O–H groups in total. The highest BCUT2D eigenvalue weighted by molar-refractivity contribution is 6.01. The number of nitrogens with zero attached hydrogens (tertiary/aromatic N) is 1. The van der Waals surface area contributed by atoms with Crippen molar-refractivity contribution in [3.8, 4) is 0 Å². The maximum absolute atomic E-state index is 9.14. The molecule has 3 heteroatoms. The van der Waals surface area contributed by atoms with Gasteiger partial charge in [-0.15, -0.1) is 0 Å². The van der Waals surface area contributed by atoms with Crippen LogP contribution in [-0.4, -0.2) is 23.0 Å². The van der Waals surface area contributed by atoms with Crippen molar-refractivity contribution >= 4 is 5.71 Å². The van der Waals surface area contributed by atoms with Crippen LogP contribution in [0.3, 0.4) is 0 Å². The summed E-state index contributed by atoms with van der Waals surface area (Å²) < 4.78 is 0. The number of aliphatic hydroxyl groups excluding tert-OH is 1. The van der Waals surface area contributed by atoms with E-state index in [1.165, 1.54) is 5.56 Å². The molecule has 15 heavy (non-hydrogen) atoms. The van der Waals surface area contributed by atoms with Gasteiger partial charge in [0.2, 0.25) is 0 Å². The van der Waals surface area contributed by atoms with Gasteiger partial charge in [-0.05, 0) is 19.4 Å². The molecule has 1 heterocycles. The molecule has 0 amide bonds. The van der Waals surface area contributed by atoms with Gasteiger partial charge in [-0.2, -0.15) is 0 Å². The van der Waals surface area contributed by atoms with Crippen LogP contribution in [0.5, 0.6) is 0 Å². The minimum atomic E-state index is -0.541. The Bertz CT molecular complexity index is 383. The molecule has 2 rings (SSSR count). The predicted molar refractivity (Wildman–Crippen MR) is 58.9 cm³/mol. The van der Waals surface area contributed by atoms with Crippen LogP contribution < -0.4 is 0 Å². The summed E-state index contributed by atoms with van der Waals surface area (Å²) >= 11 is 0. The molecule has 0 radical (unpaired) electrons. The van der Waals surface area contributed by atoms with Crippen LogP contribution in [0.25, 0.3) is 0 Å². The van der Waals surface area contributed by atoms with Gasteiger partial charge in [-0.3, -0.25) is 0 Å². The van der Waals surface area contributed by atoms with E-state index in [4.69, 9.17) is 9.94 Å². The first-order valence-corrected chi connectivity index (χ1v) is 5.06. The predicted octanol–water partition coefficient (Wildman–Crippen LogP) is 1.87. The van der Waals surface area contributed by atoms with Crippen LogP contribution in [0.15, 0.2) is 29.4 Å². The molecular formula is C12H15NO2. The molecule has 1 atom stereocenters. The van der Waals surface area contributed by atoms with Crippen molar-refractivity contribution in [3.63, 3.8) is 0 Å². The van der Waals surface area contributed by atoms with Crippen LogP contribution in [-0.2, 0) is 4.84 Å². The SMILES string of the molecule is Cc1ccc(C2=NO[C@@](C)(CO)C2)cc1. The molecule has 1 aromatic rings. The zero-order valence-electron chi connectivity index (χ0n) is 9.03. The average Bonchev–Trinajstić information content (AvgIpc) is 2.63. The summed E-state index contributed by atoms with van der Waals surface area (Å²) in [5, 5.41) is 13.2. The van der Waals surface area contributed by atoms with Gasteiger partial charge in [0.25, 0.3) is 0 Å². The summed E-state index contributed by atoms with van der Waals surface area (Å²) in [6.07, 6.45) is 0.659. The lowest BCUT2D eigenvalue weighted by Crippen LogP contribution is -2.29. The van der Waals surface area contributed by atoms with Gasteiger partial charge >= 0.3 is 0 Å². The second kappa shape index (κ2) is 3.66. The molecule has 0 saturated heterocycles. The number of aliphatic hydroxyl groups is 1. The summed E-state index contributed by atoms with van der Waals surface area (Å²) in [4.78, 5) is 5.22. The molecule has 0 bridgehead atoms. The molecule has 1 aliphatic heterocycles. The first-order valence-electron chi connectivity index (χ1n) is 5.06. The third-order valence-corrected chi connectivity index (χ3v) is 2.64. The summed E-state index contributed by atoms with van der Waals surface area (Å²) in [7, 11) is 0. The minimum Gasteiger partial charge on any atom is -0.392 e. The van der Waals surface area contributed by atoms with Crippen molar-refractivity contribution in [2.45, 2.75) is 25.9 Å². The van der Waals surface area contributed by atoms with Crippen molar-refractivity contribution in [3.05, 3.63) is 35.4 Å². The van der Waals surface area contributed by atoms with E-state index in [2.05, 4.69) is 12.1 Å². The van der Waals surface area contributed by atoms with Crippen LogP contribution in [0, 0.1) is 6.92 Å². The molecule has 0 aromatic heterocycles. The van der Waals surface area contributed by atoms with E-state index in [0.29, 0.717) is 6.42 Å². The first kappa shape index (κ1) is 10.2. The Morgan fingerprint density at radius 1 is 1.40 bits per heavy atom. The van der Waals surface area contributed by atoms with Crippen LogP contribution in [0.2, 0.25) is 0 Å². The molecule has 0 fully saturated rings. The number of benzene rings is 1. The maximum Gasteiger partial charge on any atom is 0.163 e. The Morgan fingerprint density at radius 3 is 2.60 bits per heavy atom. The fraction of sp³-hybridized carbons (Fsp3) is 0.417. The monoisotopic (exact) mass is 205 g/mol. The zero-order valence-corrected chi connectivity index (χ0v) is 9.03. The third-order valence-electron chi connectivity index (χ3n) is 2.64. The van der Waals surface area contributed by atoms with E-state index in [1.807, 2.05) is 31.2 Å². The standard InChI is InChI=1S/C12H15NO2/c1-9-3-5-10(6-4-9)11-7-12(2,8-14)15-13-11/h3-6,14H,7-8H2,1-2H3/t12-/m1/s1. The van der Waals surface area contributed by atoms with E-state index >= 15 is 0 Å². The molecule has 1 aromatic carbocycles. The van der Waals surface area contributed by atoms with Gasteiger partial charge in [-0.25, -0.2) is 0 Å².